The molecule has 4 nitrogen and oxygen atoms in total. The summed E-state index contributed by atoms with van der Waals surface area (Å²) in [5.74, 6) is 0.254. The van der Waals surface area contributed by atoms with Crippen LogP contribution in [0.15, 0.2) is 59.6 Å². The number of hydrogen-bond donors (Lipinski definition) is 2. The van der Waals surface area contributed by atoms with Gasteiger partial charge in [-0.2, -0.15) is 0 Å². The van der Waals surface area contributed by atoms with Gasteiger partial charge in [0.2, 0.25) is 0 Å². The number of benzene rings is 2. The summed E-state index contributed by atoms with van der Waals surface area (Å²) in [6.07, 6.45) is 0. The van der Waals surface area contributed by atoms with Crippen LogP contribution >= 0.6 is 11.6 Å². The number of Topliss-reactive ketones (excluding diaryl/α,β-unsaturated/α-hetero) is 1. The van der Waals surface area contributed by atoms with Gasteiger partial charge in [0.05, 0.1) is 0 Å². The fourth-order valence-electron chi connectivity index (χ4n) is 2.42. The molecule has 0 amide bonds. The lowest BCUT2D eigenvalue weighted by Gasteiger charge is -2.17. The molecule has 5 heteroatoms. The zero-order valence-corrected chi connectivity index (χ0v) is 11.9. The predicted molar refractivity (Wildman–Crippen MR) is 83.5 cm³/mol. The number of carbonyl (C=O) groups excluding carboxylic acids is 1. The molecular formula is C16H14ClN3O. The molecule has 0 bridgehead atoms. The highest BCUT2D eigenvalue weighted by Gasteiger charge is 2.34. The minimum atomic E-state index is -0.492. The van der Waals surface area contributed by atoms with Crippen molar-refractivity contribution < 1.29 is 4.79 Å². The fraction of sp³-hybridized carbons (Fsp3) is 0.125. The molecule has 21 heavy (non-hydrogen) atoms. The third kappa shape index (κ3) is 2.76. The molecule has 0 spiro atoms. The average molecular weight is 300 g/mol. The summed E-state index contributed by atoms with van der Waals surface area (Å²) in [6.45, 7) is 0. The number of ketones is 1. The minimum absolute atomic E-state index is 0.0280. The summed E-state index contributed by atoms with van der Waals surface area (Å²) < 4.78 is 0. The average Bonchev–Trinajstić information content (AvgIpc) is 2.90. The summed E-state index contributed by atoms with van der Waals surface area (Å²) in [7, 11) is 0. The summed E-state index contributed by atoms with van der Waals surface area (Å²) in [6, 6.07) is 15.6. The van der Waals surface area contributed by atoms with Gasteiger partial charge >= 0.3 is 0 Å². The lowest BCUT2D eigenvalue weighted by Crippen LogP contribution is -2.41. The maximum atomic E-state index is 12.6. The quantitative estimate of drug-likeness (QED) is 0.856. The second-order valence-corrected chi connectivity index (χ2v) is 5.30. The normalized spacial score (nSPS) is 20.7. The highest BCUT2D eigenvalue weighted by molar-refractivity contribution is 6.30. The Hall–Kier alpha value is -2.33. The van der Waals surface area contributed by atoms with Gasteiger partial charge in [0.15, 0.2) is 11.7 Å². The number of nitrogens with one attached hydrogen (secondary N) is 1. The molecule has 0 unspecified atom stereocenters. The zero-order chi connectivity index (χ0) is 14.8. The Bertz CT molecular complexity index is 682. The summed E-state index contributed by atoms with van der Waals surface area (Å²) in [4.78, 5) is 17.0. The number of halogens is 1. The Balaban J connectivity index is 1.91. The van der Waals surface area contributed by atoms with Gasteiger partial charge < -0.3 is 11.1 Å². The van der Waals surface area contributed by atoms with E-state index in [0.29, 0.717) is 10.6 Å². The van der Waals surface area contributed by atoms with Gasteiger partial charge in [0, 0.05) is 10.6 Å². The van der Waals surface area contributed by atoms with E-state index in [9.17, 15) is 4.79 Å². The molecule has 2 aromatic rings. The van der Waals surface area contributed by atoms with Crippen molar-refractivity contribution in [2.24, 2.45) is 10.7 Å². The molecule has 3 N–H and O–H groups in total. The van der Waals surface area contributed by atoms with E-state index in [1.54, 1.807) is 24.3 Å². The van der Waals surface area contributed by atoms with E-state index in [4.69, 9.17) is 17.3 Å². The Morgan fingerprint density at radius 2 is 1.76 bits per heavy atom. The highest BCUT2D eigenvalue weighted by Crippen LogP contribution is 2.28. The summed E-state index contributed by atoms with van der Waals surface area (Å²) >= 11 is 5.90. The Kier molecular flexibility index (Phi) is 3.62. The topological polar surface area (TPSA) is 67.5 Å². The first-order valence-electron chi connectivity index (χ1n) is 6.59. The lowest BCUT2D eigenvalue weighted by molar-refractivity contribution is 0.0945. The number of aliphatic imine (C=N–C) groups is 1. The van der Waals surface area contributed by atoms with Crippen LogP contribution in [0, 0.1) is 0 Å². The maximum absolute atomic E-state index is 12.6. The number of rotatable bonds is 3. The van der Waals surface area contributed by atoms with Gasteiger partial charge in [-0.15, -0.1) is 0 Å². The van der Waals surface area contributed by atoms with Crippen molar-refractivity contribution >= 4 is 23.3 Å². The molecule has 0 saturated carbocycles. The van der Waals surface area contributed by atoms with Gasteiger partial charge in [-0.1, -0.05) is 54.1 Å². The standard InChI is InChI=1S/C16H14ClN3O/c17-12-8-6-10(7-9-12)13-14(20-16(18)19-13)15(21)11-4-2-1-3-5-11/h1-9,13-14H,(H3,18,19,20)/t13-,14-/m0/s1. The van der Waals surface area contributed by atoms with E-state index in [-0.39, 0.29) is 17.8 Å². The molecule has 1 aliphatic rings. The molecule has 2 atom stereocenters. The number of nitrogens with two attached hydrogens (primary N) is 1. The van der Waals surface area contributed by atoms with E-state index in [2.05, 4.69) is 10.3 Å². The predicted octanol–water partition coefficient (Wildman–Crippen LogP) is 2.55. The molecule has 0 radical (unpaired) electrons. The lowest BCUT2D eigenvalue weighted by atomic mass is 9.94. The van der Waals surface area contributed by atoms with Crippen LogP contribution in [0.2, 0.25) is 5.02 Å². The first kappa shape index (κ1) is 13.6. The molecule has 2 aromatic carbocycles. The van der Waals surface area contributed by atoms with E-state index in [1.807, 2.05) is 30.3 Å². The molecule has 0 fully saturated rings. The largest absolute Gasteiger partial charge is 0.370 e. The van der Waals surface area contributed by atoms with Crippen LogP contribution in [-0.2, 0) is 0 Å². The monoisotopic (exact) mass is 299 g/mol. The molecule has 1 aliphatic heterocycles. The zero-order valence-electron chi connectivity index (χ0n) is 11.2. The van der Waals surface area contributed by atoms with Crippen molar-refractivity contribution in [2.75, 3.05) is 0 Å². The number of nitrogens with zero attached hydrogens (tertiary/aromatic N) is 1. The Morgan fingerprint density at radius 3 is 2.43 bits per heavy atom. The van der Waals surface area contributed by atoms with Gasteiger partial charge in [-0.3, -0.25) is 4.79 Å². The second-order valence-electron chi connectivity index (χ2n) is 4.86. The minimum Gasteiger partial charge on any atom is -0.370 e. The van der Waals surface area contributed by atoms with Crippen molar-refractivity contribution in [3.05, 3.63) is 70.7 Å². The van der Waals surface area contributed by atoms with E-state index in [0.717, 1.165) is 5.56 Å². The third-order valence-corrected chi connectivity index (χ3v) is 3.70. The van der Waals surface area contributed by atoms with Gasteiger partial charge in [-0.05, 0) is 17.7 Å². The summed E-state index contributed by atoms with van der Waals surface area (Å²) in [5.41, 5.74) is 7.30. The number of carbonyl (C=O) groups is 1. The molecular weight excluding hydrogens is 286 g/mol. The second kappa shape index (κ2) is 5.58. The van der Waals surface area contributed by atoms with Gasteiger partial charge in [0.25, 0.3) is 0 Å². The summed E-state index contributed by atoms with van der Waals surface area (Å²) in [5, 5.41) is 3.61. The van der Waals surface area contributed by atoms with Crippen molar-refractivity contribution in [1.82, 2.24) is 5.32 Å². The SMILES string of the molecule is NC1=N[C@@H](c2ccc(Cl)cc2)[C@@H](C(=O)c2ccccc2)N1. The number of guanidine groups is 1. The molecule has 0 aliphatic carbocycles. The Labute approximate surface area is 127 Å². The molecule has 0 saturated heterocycles. The molecule has 0 aromatic heterocycles. The van der Waals surface area contributed by atoms with Crippen molar-refractivity contribution in [2.45, 2.75) is 12.1 Å². The van der Waals surface area contributed by atoms with Crippen LogP contribution in [0.5, 0.6) is 0 Å². The fourth-order valence-corrected chi connectivity index (χ4v) is 2.54. The molecule has 1 heterocycles. The molecule has 106 valence electrons. The van der Waals surface area contributed by atoms with Crippen LogP contribution in [0.1, 0.15) is 22.0 Å². The van der Waals surface area contributed by atoms with Crippen LogP contribution in [0.25, 0.3) is 0 Å². The van der Waals surface area contributed by atoms with Crippen LogP contribution in [-0.4, -0.2) is 17.8 Å². The maximum Gasteiger partial charge on any atom is 0.189 e. The van der Waals surface area contributed by atoms with Crippen LogP contribution < -0.4 is 11.1 Å². The third-order valence-electron chi connectivity index (χ3n) is 3.45. The number of hydrogen-bond acceptors (Lipinski definition) is 4. The molecule has 3 rings (SSSR count). The first-order chi connectivity index (χ1) is 10.1. The van der Waals surface area contributed by atoms with E-state index >= 15 is 0 Å². The van der Waals surface area contributed by atoms with Gasteiger partial charge in [0.1, 0.15) is 12.1 Å². The van der Waals surface area contributed by atoms with E-state index < -0.39 is 6.04 Å². The van der Waals surface area contributed by atoms with Gasteiger partial charge in [-0.25, -0.2) is 4.99 Å². The van der Waals surface area contributed by atoms with Crippen LogP contribution in [0.4, 0.5) is 0 Å². The highest BCUT2D eigenvalue weighted by atomic mass is 35.5. The smallest absolute Gasteiger partial charge is 0.189 e. The van der Waals surface area contributed by atoms with Crippen molar-refractivity contribution in [3.63, 3.8) is 0 Å². The van der Waals surface area contributed by atoms with Crippen molar-refractivity contribution in [1.29, 1.82) is 0 Å². The van der Waals surface area contributed by atoms with E-state index in [1.165, 1.54) is 0 Å². The Morgan fingerprint density at radius 1 is 1.10 bits per heavy atom. The van der Waals surface area contributed by atoms with Crippen LogP contribution in [0.3, 0.4) is 0 Å². The van der Waals surface area contributed by atoms with Crippen molar-refractivity contribution in [3.8, 4) is 0 Å². The first-order valence-corrected chi connectivity index (χ1v) is 6.97.